The zero-order chi connectivity index (χ0) is 66.5. The van der Waals surface area contributed by atoms with Gasteiger partial charge in [-0.3, -0.25) is 0 Å². The maximum atomic E-state index is 4.42. The topological polar surface area (TPSA) is 30.0 Å². The summed E-state index contributed by atoms with van der Waals surface area (Å²) in [4.78, 5) is 0. The van der Waals surface area contributed by atoms with E-state index in [-0.39, 0.29) is 29.5 Å². The molecule has 1 N–H and O–H groups in total. The van der Waals surface area contributed by atoms with Gasteiger partial charge < -0.3 is 5.48 Å². The van der Waals surface area contributed by atoms with Crippen molar-refractivity contribution in [3.8, 4) is 0 Å². The minimum Gasteiger partial charge on any atom is -0.870 e. The van der Waals surface area contributed by atoms with Crippen LogP contribution in [0.2, 0.25) is 0 Å². The summed E-state index contributed by atoms with van der Waals surface area (Å²) in [6, 6.07) is 0. The second kappa shape index (κ2) is 117. The quantitative estimate of drug-likeness (QED) is 0.0207. The first kappa shape index (κ1) is 115. The average Bonchev–Trinajstić information content (AvgIpc) is 3.54. The number of allylic oxidation sites excluding steroid dienone is 2. The molecule has 0 saturated carbocycles. The van der Waals surface area contributed by atoms with Crippen LogP contribution in [0.1, 0.15) is 391 Å². The molecule has 0 fully saturated rings. The molecule has 0 aliphatic rings. The monoisotopic (exact) mass is 2050 g/mol. The Morgan fingerprint density at radius 3 is 0.670 bits per heavy atom. The van der Waals surface area contributed by atoms with Gasteiger partial charge in [-0.2, -0.15) is 12.6 Å². The second-order valence-electron chi connectivity index (χ2n) is 24.2. The number of rotatable bonds is 57. The zero-order valence-corrected chi connectivity index (χ0v) is 80.2. The summed E-state index contributed by atoms with van der Waals surface area (Å²) in [7, 11) is 9.67. The predicted octanol–water partition coefficient (Wildman–Crippen LogP) is 32.0. The fourth-order valence-electron chi connectivity index (χ4n) is 9.87. The predicted molar refractivity (Wildman–Crippen MR) is 483 cm³/mol. The van der Waals surface area contributed by atoms with Crippen LogP contribution in [-0.4, -0.2) is 41.0 Å². The molecule has 546 valence electrons. The van der Waals surface area contributed by atoms with E-state index in [1.807, 2.05) is 0 Å². The van der Waals surface area contributed by atoms with E-state index in [9.17, 15) is 0 Å². The third-order valence-corrected chi connectivity index (χ3v) is 21.3. The van der Waals surface area contributed by atoms with Crippen molar-refractivity contribution in [3.05, 3.63) is 24.3 Å². The standard InChI is InChI=1S/C24H50S2.C12H26S2.C12H26S.2C12H24.C2H6S2.I3.I2.HI.H2O/c1-5-9-13-17-23(18-14-10-6-2)21-25-26-22-24(19-15-11-7-3)20-16-12-8-4;1-3-5-7-9-12(11-14-13)10-8-6-4-2;1-3-5-7-9-12(11-13)10-8-6-4-2;2*1-4-6-8-10-12(3)11-9-7-5-2;1-3-4-2;1-3-2;1-2;;/h23-24H,5-22H2,1-4H3;12-13H,3-11H2,1-2H3;12-13H,3-11H2,1-2H3;2*3-11H2,1-2H3;1-2H3;;;1H;1H2/q;;;;;;-1;;;/p-1. The van der Waals surface area contributed by atoms with Gasteiger partial charge >= 0.3 is 50.5 Å². The summed E-state index contributed by atoms with van der Waals surface area (Å²) in [5.74, 6) is 8.90. The van der Waals surface area contributed by atoms with Crippen molar-refractivity contribution in [1.82, 2.24) is 0 Å². The van der Waals surface area contributed by atoms with Gasteiger partial charge in [0.05, 0.1) is 0 Å². The third kappa shape index (κ3) is 122. The van der Waals surface area contributed by atoms with E-state index in [4.69, 9.17) is 0 Å². The van der Waals surface area contributed by atoms with Crippen molar-refractivity contribution >= 4 is 177 Å². The van der Waals surface area contributed by atoms with E-state index >= 15 is 0 Å². The number of hydrogen-bond acceptors (Lipinski definition) is 8. The van der Waals surface area contributed by atoms with Gasteiger partial charge in [0, 0.05) is 54.5 Å². The SMILES string of the molecule is C=C(CCCCC)CCCCC.C=C(CCCCC)CCCCC.CCCCCC(CCCCC)CSS.CCCCCC(CCCCC)CSSCC(CCCCC)CCCCC.CCCCCC(CS)CCCCC.CSSC.I.II.I[I-]I.[OH-]. The average molecular weight is 2050 g/mol. The number of halogens is 6. The van der Waals surface area contributed by atoms with Crippen molar-refractivity contribution in [1.29, 1.82) is 0 Å². The summed E-state index contributed by atoms with van der Waals surface area (Å²) in [5.41, 5.74) is 2.94. The van der Waals surface area contributed by atoms with E-state index in [1.54, 1.807) is 32.4 Å². The second-order valence-corrected chi connectivity index (χ2v) is 47.4. The molecule has 0 bridgehead atoms. The molecule has 0 rings (SSSR count). The van der Waals surface area contributed by atoms with Crippen LogP contribution in [-0.2, 0) is 0 Å². The molecule has 0 aromatic carbocycles. The van der Waals surface area contributed by atoms with Crippen molar-refractivity contribution in [3.63, 3.8) is 0 Å². The normalized spacial score (nSPS) is 10.3. The Morgan fingerprint density at radius 2 is 0.511 bits per heavy atom. The molecular weight excluding hydrogens is 1890 g/mol. The van der Waals surface area contributed by atoms with Gasteiger partial charge in [-0.05, 0) is 145 Å². The largest absolute Gasteiger partial charge is 0.870 e. The van der Waals surface area contributed by atoms with Crippen LogP contribution in [0.5, 0.6) is 0 Å². The molecule has 0 aliphatic carbocycles. The van der Waals surface area contributed by atoms with Gasteiger partial charge in [-0.1, -0.05) is 367 Å². The van der Waals surface area contributed by atoms with Crippen molar-refractivity contribution in [2.24, 2.45) is 23.7 Å². The van der Waals surface area contributed by atoms with Crippen molar-refractivity contribution < 1.29 is 18.7 Å². The van der Waals surface area contributed by atoms with E-state index in [1.165, 1.54) is 337 Å². The third-order valence-electron chi connectivity index (χ3n) is 15.7. The molecule has 1 nitrogen and oxygen atoms in total. The number of unbranched alkanes of at least 4 members (excludes halogenated alkanes) is 24. The molecule has 0 spiro atoms. The fraction of sp³-hybridized carbons (Fsp3) is 0.946. The van der Waals surface area contributed by atoms with Crippen LogP contribution in [0.3, 0.4) is 0 Å². The van der Waals surface area contributed by atoms with Gasteiger partial charge in [0.1, 0.15) is 0 Å². The Morgan fingerprint density at radius 1 is 0.341 bits per heavy atom. The molecule has 88 heavy (non-hydrogen) atoms. The molecule has 0 unspecified atom stereocenters. The van der Waals surface area contributed by atoms with Gasteiger partial charge in [-0.25, -0.2) is 0 Å². The molecule has 0 radical (unpaired) electrons. The Hall–Kier alpha value is 6.27. The summed E-state index contributed by atoms with van der Waals surface area (Å²) in [6.07, 6.45) is 70.5. The minimum atomic E-state index is 0. The summed E-state index contributed by atoms with van der Waals surface area (Å²) >= 11 is 18.2. The first-order chi connectivity index (χ1) is 41.9. The van der Waals surface area contributed by atoms with Crippen LogP contribution >= 0.6 is 177 Å². The molecule has 0 amide bonds. The maximum absolute atomic E-state index is 4.42. The van der Waals surface area contributed by atoms with Crippen molar-refractivity contribution in [2.75, 3.05) is 35.5 Å². The summed E-state index contributed by atoms with van der Waals surface area (Å²) in [5, 5.41) is 0. The van der Waals surface area contributed by atoms with Gasteiger partial charge in [0.15, 0.2) is 0 Å². The molecule has 0 aliphatic heterocycles. The van der Waals surface area contributed by atoms with Crippen LogP contribution < -0.4 is 13.3 Å². The molecule has 0 aromatic rings. The van der Waals surface area contributed by atoms with E-state index in [0.717, 1.165) is 29.4 Å². The van der Waals surface area contributed by atoms with E-state index in [0.29, 0.717) is 13.3 Å². The van der Waals surface area contributed by atoms with Crippen LogP contribution in [0.4, 0.5) is 0 Å². The summed E-state index contributed by atoms with van der Waals surface area (Å²) in [6.45, 7) is 35.6. The maximum Gasteiger partial charge on any atom is -0.870 e. The van der Waals surface area contributed by atoms with Crippen LogP contribution in [0, 0.1) is 23.7 Å². The van der Waals surface area contributed by atoms with Gasteiger partial charge in [0.25, 0.3) is 0 Å². The molecular formula is C74H158I6OS7-2. The Balaban J connectivity index is -0.000000107. The number of hydrogen-bond donors (Lipinski definition) is 2. The Labute approximate surface area is 660 Å². The molecule has 0 saturated heterocycles. The van der Waals surface area contributed by atoms with Gasteiger partial charge in [-0.15, -0.1) is 35.6 Å². The van der Waals surface area contributed by atoms with Gasteiger partial charge in [0.2, 0.25) is 0 Å². The Bertz CT molecular complexity index is 988. The minimum absolute atomic E-state index is 0. The molecule has 0 aromatic heterocycles. The fourth-order valence-corrected chi connectivity index (χ4v) is 14.4. The molecule has 0 heterocycles. The molecule has 14 heteroatoms. The zero-order valence-electron chi connectivity index (χ0n) is 61.2. The van der Waals surface area contributed by atoms with E-state index in [2.05, 4.69) is 229 Å². The van der Waals surface area contributed by atoms with Crippen LogP contribution in [0.25, 0.3) is 0 Å². The molecule has 0 atom stereocenters. The van der Waals surface area contributed by atoms with Crippen molar-refractivity contribution in [2.45, 2.75) is 391 Å². The van der Waals surface area contributed by atoms with E-state index < -0.39 is 0 Å². The smallest absolute Gasteiger partial charge is 0.870 e. The Kier molecular flexibility index (Phi) is 154. The first-order valence-electron chi connectivity index (χ1n) is 36.4. The first-order valence-corrected chi connectivity index (χ1v) is 63.4. The number of thiol groups is 2. The summed E-state index contributed by atoms with van der Waals surface area (Å²) < 4.78 is 0. The van der Waals surface area contributed by atoms with Crippen LogP contribution in [0.15, 0.2) is 24.3 Å².